The fraction of sp³-hybridized carbons (Fsp3) is 0.368. The van der Waals surface area contributed by atoms with Crippen LogP contribution in [-0.2, 0) is 18.7 Å². The van der Waals surface area contributed by atoms with Gasteiger partial charge in [0.2, 0.25) is 0 Å². The molecule has 0 saturated heterocycles. The summed E-state index contributed by atoms with van der Waals surface area (Å²) < 4.78 is 16.2. The van der Waals surface area contributed by atoms with Gasteiger partial charge in [-0.05, 0) is 37.5 Å². The molecular weight excluding hydrogens is 389 g/mol. The van der Waals surface area contributed by atoms with E-state index in [1.165, 1.54) is 28.3 Å². The molecule has 0 aliphatic carbocycles. The van der Waals surface area contributed by atoms with Crippen molar-refractivity contribution in [2.75, 3.05) is 0 Å². The van der Waals surface area contributed by atoms with E-state index in [2.05, 4.69) is 40.9 Å². The third-order valence-corrected chi connectivity index (χ3v) is 6.57. The summed E-state index contributed by atoms with van der Waals surface area (Å²) >= 11 is 9.36. The van der Waals surface area contributed by atoms with Crippen LogP contribution in [0.25, 0.3) is 11.4 Å². The van der Waals surface area contributed by atoms with Gasteiger partial charge in [0.1, 0.15) is 5.82 Å². The predicted octanol–water partition coefficient (Wildman–Crippen LogP) is 6.37. The lowest BCUT2D eigenvalue weighted by atomic mass is 10.1. The van der Waals surface area contributed by atoms with Crippen LogP contribution in [0.1, 0.15) is 36.3 Å². The first-order valence-electron chi connectivity index (χ1n) is 8.63. The molecule has 2 aromatic heterocycles. The summed E-state index contributed by atoms with van der Waals surface area (Å²) in [7, 11) is 0. The Kier molecular flexibility index (Phi) is 6.37. The quantitative estimate of drug-likeness (QED) is 0.424. The number of hydrogen-bond acceptors (Lipinski definition) is 4. The van der Waals surface area contributed by atoms with E-state index in [1.807, 2.05) is 0 Å². The molecule has 0 N–H and O–H groups in total. The Bertz CT molecular complexity index is 884. The molecule has 1 aromatic carbocycles. The Labute approximate surface area is 166 Å². The highest BCUT2D eigenvalue weighted by Gasteiger charge is 2.19. The molecule has 0 unspecified atom stereocenters. The van der Waals surface area contributed by atoms with Crippen LogP contribution < -0.4 is 0 Å². The van der Waals surface area contributed by atoms with Crippen molar-refractivity contribution in [3.8, 4) is 11.4 Å². The largest absolute Gasteiger partial charge is 0.302 e. The van der Waals surface area contributed by atoms with Crippen molar-refractivity contribution in [3.05, 3.63) is 50.4 Å². The average molecular weight is 410 g/mol. The van der Waals surface area contributed by atoms with Crippen LogP contribution in [0.15, 0.2) is 28.7 Å². The first kappa shape index (κ1) is 19.4. The Hall–Kier alpha value is -1.37. The SMILES string of the molecule is CCCn1c(SCc2c(F)cccc2Cl)nnc1-c1csc(C)c1CC. The number of thiophene rings is 1. The smallest absolute Gasteiger partial charge is 0.191 e. The van der Waals surface area contributed by atoms with E-state index in [-0.39, 0.29) is 5.82 Å². The van der Waals surface area contributed by atoms with Gasteiger partial charge < -0.3 is 4.57 Å². The monoisotopic (exact) mass is 409 g/mol. The van der Waals surface area contributed by atoms with Gasteiger partial charge in [0, 0.05) is 38.7 Å². The minimum Gasteiger partial charge on any atom is -0.302 e. The number of thioether (sulfide) groups is 1. The van der Waals surface area contributed by atoms with Gasteiger partial charge in [0.15, 0.2) is 11.0 Å². The van der Waals surface area contributed by atoms with E-state index in [0.29, 0.717) is 16.3 Å². The fourth-order valence-electron chi connectivity index (χ4n) is 2.93. The van der Waals surface area contributed by atoms with Gasteiger partial charge >= 0.3 is 0 Å². The maximum atomic E-state index is 14.0. The van der Waals surface area contributed by atoms with Crippen molar-refractivity contribution < 1.29 is 4.39 Å². The van der Waals surface area contributed by atoms with Crippen LogP contribution in [0.5, 0.6) is 0 Å². The third-order valence-electron chi connectivity index (χ3n) is 4.27. The zero-order chi connectivity index (χ0) is 18.7. The second-order valence-corrected chi connectivity index (χ2v) is 8.42. The van der Waals surface area contributed by atoms with Gasteiger partial charge in [-0.2, -0.15) is 0 Å². The van der Waals surface area contributed by atoms with Gasteiger partial charge in [-0.15, -0.1) is 21.5 Å². The number of rotatable bonds is 7. The zero-order valence-corrected chi connectivity index (χ0v) is 17.4. The summed E-state index contributed by atoms with van der Waals surface area (Å²) in [5.41, 5.74) is 2.99. The number of aromatic nitrogens is 3. The summed E-state index contributed by atoms with van der Waals surface area (Å²) in [4.78, 5) is 1.32. The first-order valence-corrected chi connectivity index (χ1v) is 10.9. The maximum absolute atomic E-state index is 14.0. The zero-order valence-electron chi connectivity index (χ0n) is 15.1. The molecule has 26 heavy (non-hydrogen) atoms. The lowest BCUT2D eigenvalue weighted by Gasteiger charge is -2.10. The summed E-state index contributed by atoms with van der Waals surface area (Å²) in [6.45, 7) is 7.26. The van der Waals surface area contributed by atoms with Crippen molar-refractivity contribution in [3.63, 3.8) is 0 Å². The summed E-state index contributed by atoms with van der Waals surface area (Å²) in [5, 5.41) is 12.2. The number of nitrogens with zero attached hydrogens (tertiary/aromatic N) is 3. The molecule has 0 aliphatic heterocycles. The molecule has 0 fully saturated rings. The summed E-state index contributed by atoms with van der Waals surface area (Å²) in [6, 6.07) is 4.77. The van der Waals surface area contributed by atoms with Crippen molar-refractivity contribution in [2.45, 2.75) is 51.1 Å². The predicted molar refractivity (Wildman–Crippen MR) is 109 cm³/mol. The van der Waals surface area contributed by atoms with Gasteiger partial charge in [-0.1, -0.05) is 43.3 Å². The van der Waals surface area contributed by atoms with Crippen LogP contribution in [0.2, 0.25) is 5.02 Å². The highest BCUT2D eigenvalue weighted by Crippen LogP contribution is 2.34. The number of aryl methyl sites for hydroxylation is 1. The number of benzene rings is 1. The molecule has 7 heteroatoms. The van der Waals surface area contributed by atoms with E-state index >= 15 is 0 Å². The molecule has 0 bridgehead atoms. The van der Waals surface area contributed by atoms with E-state index in [4.69, 9.17) is 11.6 Å². The molecule has 0 aliphatic rings. The maximum Gasteiger partial charge on any atom is 0.191 e. The number of halogens is 2. The average Bonchev–Trinajstić information content (AvgIpc) is 3.18. The fourth-order valence-corrected chi connectivity index (χ4v) is 5.18. The summed E-state index contributed by atoms with van der Waals surface area (Å²) in [6.07, 6.45) is 1.95. The standard InChI is InChI=1S/C19H21ClFN3S2/c1-4-9-24-18(14-10-25-12(3)13(14)5-2)22-23-19(24)26-11-15-16(20)7-6-8-17(15)21/h6-8,10H,4-5,9,11H2,1-3H3. The molecule has 2 heterocycles. The first-order chi connectivity index (χ1) is 12.6. The van der Waals surface area contributed by atoms with Crippen LogP contribution in [0, 0.1) is 12.7 Å². The van der Waals surface area contributed by atoms with Gasteiger partial charge in [0.25, 0.3) is 0 Å². The topological polar surface area (TPSA) is 30.7 Å². The van der Waals surface area contributed by atoms with Crippen molar-refractivity contribution in [1.82, 2.24) is 14.8 Å². The van der Waals surface area contributed by atoms with E-state index < -0.39 is 0 Å². The highest BCUT2D eigenvalue weighted by atomic mass is 35.5. The van der Waals surface area contributed by atoms with Gasteiger partial charge in [-0.25, -0.2) is 4.39 Å². The van der Waals surface area contributed by atoms with Gasteiger partial charge in [-0.3, -0.25) is 0 Å². The van der Waals surface area contributed by atoms with Crippen LogP contribution in [0.3, 0.4) is 0 Å². The van der Waals surface area contributed by atoms with E-state index in [0.717, 1.165) is 35.9 Å². The van der Waals surface area contributed by atoms with Crippen molar-refractivity contribution in [2.24, 2.45) is 0 Å². The minimum absolute atomic E-state index is 0.284. The molecule has 3 nitrogen and oxygen atoms in total. The third kappa shape index (κ3) is 3.82. The molecule has 138 valence electrons. The molecular formula is C19H21ClFN3S2. The molecule has 0 saturated carbocycles. The lowest BCUT2D eigenvalue weighted by molar-refractivity contribution is 0.615. The van der Waals surface area contributed by atoms with Crippen LogP contribution >= 0.6 is 34.7 Å². The molecule has 3 rings (SSSR count). The van der Waals surface area contributed by atoms with Crippen LogP contribution in [-0.4, -0.2) is 14.8 Å². The normalized spacial score (nSPS) is 11.3. The molecule has 3 aromatic rings. The van der Waals surface area contributed by atoms with E-state index in [9.17, 15) is 4.39 Å². The Balaban J connectivity index is 1.92. The molecule has 0 amide bonds. The molecule has 0 atom stereocenters. The van der Waals surface area contributed by atoms with E-state index in [1.54, 1.807) is 23.5 Å². The minimum atomic E-state index is -0.284. The number of hydrogen-bond donors (Lipinski definition) is 0. The molecule has 0 radical (unpaired) electrons. The second-order valence-electron chi connectivity index (χ2n) is 5.98. The van der Waals surface area contributed by atoms with Gasteiger partial charge in [0.05, 0.1) is 0 Å². The Morgan fingerprint density at radius 3 is 2.73 bits per heavy atom. The molecule has 0 spiro atoms. The lowest BCUT2D eigenvalue weighted by Crippen LogP contribution is -2.03. The highest BCUT2D eigenvalue weighted by molar-refractivity contribution is 7.98. The van der Waals surface area contributed by atoms with Crippen LogP contribution in [0.4, 0.5) is 4.39 Å². The van der Waals surface area contributed by atoms with Crippen molar-refractivity contribution >= 4 is 34.7 Å². The summed E-state index contributed by atoms with van der Waals surface area (Å²) in [5.74, 6) is 1.04. The van der Waals surface area contributed by atoms with Crippen molar-refractivity contribution in [1.29, 1.82) is 0 Å². The Morgan fingerprint density at radius 1 is 1.23 bits per heavy atom. The second kappa shape index (κ2) is 8.55. The Morgan fingerprint density at radius 2 is 2.04 bits per heavy atom.